The van der Waals surface area contributed by atoms with E-state index in [0.29, 0.717) is 17.5 Å². The van der Waals surface area contributed by atoms with Crippen LogP contribution in [0.5, 0.6) is 0 Å². The highest BCUT2D eigenvalue weighted by molar-refractivity contribution is 5.96. The fourth-order valence-corrected chi connectivity index (χ4v) is 4.22. The van der Waals surface area contributed by atoms with Crippen LogP contribution in [0.4, 0.5) is 0 Å². The van der Waals surface area contributed by atoms with Crippen molar-refractivity contribution in [1.82, 2.24) is 19.4 Å². The molecule has 1 saturated carbocycles. The zero-order valence-corrected chi connectivity index (χ0v) is 15.6. The molecule has 2 fully saturated rings. The SMILES string of the molecule is CCCOCC1CCN(C(=O)c2cnc3c(c2)ncn3C2CCCC2)C1. The number of rotatable bonds is 6. The third-order valence-corrected chi connectivity index (χ3v) is 5.65. The Morgan fingerprint density at radius 1 is 1.27 bits per heavy atom. The molecule has 0 bridgehead atoms. The first-order chi connectivity index (χ1) is 12.8. The van der Waals surface area contributed by atoms with E-state index in [-0.39, 0.29) is 5.91 Å². The molecule has 2 aliphatic rings. The van der Waals surface area contributed by atoms with E-state index in [9.17, 15) is 4.79 Å². The average Bonchev–Trinajstić information content (AvgIpc) is 3.40. The number of pyridine rings is 1. The van der Waals surface area contributed by atoms with Crippen LogP contribution in [0.15, 0.2) is 18.6 Å². The Balaban J connectivity index is 1.44. The largest absolute Gasteiger partial charge is 0.381 e. The highest BCUT2D eigenvalue weighted by Crippen LogP contribution is 2.31. The van der Waals surface area contributed by atoms with Crippen molar-refractivity contribution in [2.75, 3.05) is 26.3 Å². The first kappa shape index (κ1) is 17.5. The van der Waals surface area contributed by atoms with Gasteiger partial charge in [-0.25, -0.2) is 9.97 Å². The number of aromatic nitrogens is 3. The quantitative estimate of drug-likeness (QED) is 0.744. The molecule has 0 radical (unpaired) electrons. The van der Waals surface area contributed by atoms with Crippen LogP contribution in [0.1, 0.15) is 61.8 Å². The van der Waals surface area contributed by atoms with Gasteiger partial charge in [-0.1, -0.05) is 19.8 Å². The summed E-state index contributed by atoms with van der Waals surface area (Å²) in [5, 5.41) is 0. The number of hydrogen-bond donors (Lipinski definition) is 0. The number of amides is 1. The molecule has 6 heteroatoms. The van der Waals surface area contributed by atoms with Crippen LogP contribution in [0.2, 0.25) is 0 Å². The minimum atomic E-state index is 0.0628. The molecule has 1 saturated heterocycles. The third-order valence-electron chi connectivity index (χ3n) is 5.65. The van der Waals surface area contributed by atoms with Gasteiger partial charge in [0.25, 0.3) is 5.91 Å². The fourth-order valence-electron chi connectivity index (χ4n) is 4.22. The van der Waals surface area contributed by atoms with E-state index < -0.39 is 0 Å². The van der Waals surface area contributed by atoms with Crippen molar-refractivity contribution in [2.45, 2.75) is 51.5 Å². The molecule has 2 aromatic rings. The van der Waals surface area contributed by atoms with E-state index in [1.165, 1.54) is 25.7 Å². The Hall–Kier alpha value is -1.95. The van der Waals surface area contributed by atoms with Crippen LogP contribution in [0, 0.1) is 5.92 Å². The third kappa shape index (κ3) is 3.47. The Labute approximate surface area is 154 Å². The summed E-state index contributed by atoms with van der Waals surface area (Å²) in [6, 6.07) is 2.41. The van der Waals surface area contributed by atoms with Gasteiger partial charge in [0, 0.05) is 37.9 Å². The predicted molar refractivity (Wildman–Crippen MR) is 100 cm³/mol. The lowest BCUT2D eigenvalue weighted by molar-refractivity contribution is 0.0754. The first-order valence-electron chi connectivity index (χ1n) is 9.96. The highest BCUT2D eigenvalue weighted by atomic mass is 16.5. The van der Waals surface area contributed by atoms with Crippen molar-refractivity contribution in [3.63, 3.8) is 0 Å². The summed E-state index contributed by atoms with van der Waals surface area (Å²) in [7, 11) is 0. The van der Waals surface area contributed by atoms with Gasteiger partial charge in [-0.05, 0) is 31.7 Å². The van der Waals surface area contributed by atoms with Crippen molar-refractivity contribution in [3.8, 4) is 0 Å². The van der Waals surface area contributed by atoms with E-state index in [1.807, 2.05) is 17.3 Å². The molecule has 1 atom stereocenters. The number of nitrogens with zero attached hydrogens (tertiary/aromatic N) is 4. The Kier molecular flexibility index (Phi) is 5.20. The van der Waals surface area contributed by atoms with E-state index in [0.717, 1.165) is 50.3 Å². The monoisotopic (exact) mass is 356 g/mol. The van der Waals surface area contributed by atoms with Gasteiger partial charge in [0.15, 0.2) is 5.65 Å². The maximum Gasteiger partial charge on any atom is 0.255 e. The predicted octanol–water partition coefficient (Wildman–Crippen LogP) is 3.44. The molecular weight excluding hydrogens is 328 g/mol. The van der Waals surface area contributed by atoms with E-state index >= 15 is 0 Å². The normalized spacial score (nSPS) is 21.1. The summed E-state index contributed by atoms with van der Waals surface area (Å²) in [5.74, 6) is 0.511. The van der Waals surface area contributed by atoms with Crippen LogP contribution in [-0.4, -0.2) is 51.6 Å². The highest BCUT2D eigenvalue weighted by Gasteiger charge is 2.28. The van der Waals surface area contributed by atoms with Gasteiger partial charge in [-0.2, -0.15) is 0 Å². The molecule has 1 aliphatic heterocycles. The second-order valence-corrected chi connectivity index (χ2v) is 7.64. The van der Waals surface area contributed by atoms with Gasteiger partial charge in [-0.3, -0.25) is 4.79 Å². The zero-order chi connectivity index (χ0) is 17.9. The van der Waals surface area contributed by atoms with Gasteiger partial charge in [-0.15, -0.1) is 0 Å². The molecule has 1 aliphatic carbocycles. The van der Waals surface area contributed by atoms with Gasteiger partial charge in [0.1, 0.15) is 5.52 Å². The molecule has 6 nitrogen and oxygen atoms in total. The molecule has 0 N–H and O–H groups in total. The van der Waals surface area contributed by atoms with Gasteiger partial charge < -0.3 is 14.2 Å². The first-order valence-corrected chi connectivity index (χ1v) is 9.96. The molecule has 3 heterocycles. The van der Waals surface area contributed by atoms with Crippen LogP contribution in [-0.2, 0) is 4.74 Å². The van der Waals surface area contributed by atoms with E-state index in [2.05, 4.69) is 21.5 Å². The maximum atomic E-state index is 12.8. The Morgan fingerprint density at radius 3 is 2.92 bits per heavy atom. The number of ether oxygens (including phenoxy) is 1. The summed E-state index contributed by atoms with van der Waals surface area (Å²) in [6.07, 6.45) is 10.6. The minimum absolute atomic E-state index is 0.0628. The molecular formula is C20H28N4O2. The van der Waals surface area contributed by atoms with Crippen molar-refractivity contribution < 1.29 is 9.53 Å². The van der Waals surface area contributed by atoms with Crippen molar-refractivity contribution in [1.29, 1.82) is 0 Å². The van der Waals surface area contributed by atoms with Gasteiger partial charge >= 0.3 is 0 Å². The lowest BCUT2D eigenvalue weighted by Gasteiger charge is -2.17. The summed E-state index contributed by atoms with van der Waals surface area (Å²) in [4.78, 5) is 23.9. The van der Waals surface area contributed by atoms with Crippen molar-refractivity contribution in [3.05, 3.63) is 24.2 Å². The minimum Gasteiger partial charge on any atom is -0.381 e. The second kappa shape index (κ2) is 7.74. The molecule has 0 aromatic carbocycles. The smallest absolute Gasteiger partial charge is 0.255 e. The topological polar surface area (TPSA) is 60.2 Å². The number of imidazole rings is 1. The summed E-state index contributed by atoms with van der Waals surface area (Å²) in [6.45, 7) is 5.24. The van der Waals surface area contributed by atoms with E-state index in [1.54, 1.807) is 6.20 Å². The van der Waals surface area contributed by atoms with Crippen LogP contribution < -0.4 is 0 Å². The standard InChI is InChI=1S/C20H28N4O2/c1-2-9-26-13-15-7-8-23(12-15)20(25)16-10-18-19(21-11-16)24(14-22-18)17-5-3-4-6-17/h10-11,14-15,17H,2-9,12-13H2,1H3. The lowest BCUT2D eigenvalue weighted by atomic mass is 10.1. The summed E-state index contributed by atoms with van der Waals surface area (Å²) < 4.78 is 7.83. The number of carbonyl (C=O) groups is 1. The molecule has 1 amide bonds. The number of fused-ring (bicyclic) bond motifs is 1. The van der Waals surface area contributed by atoms with Crippen molar-refractivity contribution >= 4 is 17.1 Å². The summed E-state index contributed by atoms with van der Waals surface area (Å²) in [5.41, 5.74) is 2.37. The van der Waals surface area contributed by atoms with Gasteiger partial charge in [0.05, 0.1) is 18.5 Å². The molecule has 0 spiro atoms. The van der Waals surface area contributed by atoms with Crippen LogP contribution in [0.25, 0.3) is 11.2 Å². The number of carbonyl (C=O) groups excluding carboxylic acids is 1. The molecule has 26 heavy (non-hydrogen) atoms. The summed E-state index contributed by atoms with van der Waals surface area (Å²) >= 11 is 0. The molecule has 140 valence electrons. The lowest BCUT2D eigenvalue weighted by Crippen LogP contribution is -2.29. The maximum absolute atomic E-state index is 12.8. The molecule has 2 aromatic heterocycles. The molecule has 1 unspecified atom stereocenters. The fraction of sp³-hybridized carbons (Fsp3) is 0.650. The molecule has 4 rings (SSSR count). The average molecular weight is 356 g/mol. The number of hydrogen-bond acceptors (Lipinski definition) is 4. The zero-order valence-electron chi connectivity index (χ0n) is 15.6. The Bertz CT molecular complexity index is 766. The van der Waals surface area contributed by atoms with Crippen LogP contribution >= 0.6 is 0 Å². The number of likely N-dealkylation sites (tertiary alicyclic amines) is 1. The Morgan fingerprint density at radius 2 is 2.12 bits per heavy atom. The second-order valence-electron chi connectivity index (χ2n) is 7.64. The van der Waals surface area contributed by atoms with Gasteiger partial charge in [0.2, 0.25) is 0 Å². The van der Waals surface area contributed by atoms with Crippen molar-refractivity contribution in [2.24, 2.45) is 5.92 Å². The van der Waals surface area contributed by atoms with Crippen LogP contribution in [0.3, 0.4) is 0 Å². The van der Waals surface area contributed by atoms with E-state index in [4.69, 9.17) is 4.74 Å².